The van der Waals surface area contributed by atoms with Gasteiger partial charge in [0.15, 0.2) is 0 Å². The summed E-state index contributed by atoms with van der Waals surface area (Å²) in [7, 11) is 0. The van der Waals surface area contributed by atoms with Crippen LogP contribution in [0.4, 0.5) is 0 Å². The molecule has 0 spiro atoms. The van der Waals surface area contributed by atoms with Crippen LogP contribution in [0.15, 0.2) is 18.2 Å². The maximum absolute atomic E-state index is 9.83. The molecule has 1 aliphatic rings. The van der Waals surface area contributed by atoms with Crippen molar-refractivity contribution in [3.63, 3.8) is 0 Å². The second kappa shape index (κ2) is 5.80. The molecule has 108 valence electrons. The van der Waals surface area contributed by atoms with E-state index in [1.807, 2.05) is 0 Å². The van der Waals surface area contributed by atoms with Crippen LogP contribution in [0.3, 0.4) is 0 Å². The molecule has 0 aliphatic heterocycles. The first-order valence-corrected chi connectivity index (χ1v) is 8.26. The summed E-state index contributed by atoms with van der Waals surface area (Å²) in [5.74, 6) is 0.489. The van der Waals surface area contributed by atoms with Crippen LogP contribution in [0.5, 0.6) is 0 Å². The Hall–Kier alpha value is -0.970. The highest BCUT2D eigenvalue weighted by Gasteiger charge is 2.24. The van der Waals surface area contributed by atoms with Gasteiger partial charge in [-0.25, -0.2) is 4.98 Å². The molecule has 1 aliphatic carbocycles. The number of nitrogens with zero attached hydrogens (tertiary/aromatic N) is 1. The second-order valence-corrected chi connectivity index (χ2v) is 7.06. The van der Waals surface area contributed by atoms with Gasteiger partial charge < -0.3 is 10.4 Å². The van der Waals surface area contributed by atoms with E-state index in [0.29, 0.717) is 5.92 Å². The highest BCUT2D eigenvalue weighted by molar-refractivity contribution is 7.18. The van der Waals surface area contributed by atoms with Crippen LogP contribution >= 0.6 is 11.3 Å². The van der Waals surface area contributed by atoms with Crippen molar-refractivity contribution in [2.75, 3.05) is 0 Å². The van der Waals surface area contributed by atoms with E-state index in [0.717, 1.165) is 31.3 Å². The standard InChI is InChI=1S/C16H22N2OS/c1-10(2)16-18-13-7-6-11(8-15(13)20-16)9-17-12-4-3-5-14(12)19/h6-8,10,12,14,17,19H,3-5,9H2,1-2H3/t12-,14-/m0/s1. The summed E-state index contributed by atoms with van der Waals surface area (Å²) in [6, 6.07) is 6.74. The molecule has 1 aromatic heterocycles. The molecule has 0 amide bonds. The lowest BCUT2D eigenvalue weighted by atomic mass is 10.1. The van der Waals surface area contributed by atoms with E-state index < -0.39 is 0 Å². The Labute approximate surface area is 124 Å². The smallest absolute Gasteiger partial charge is 0.0963 e. The van der Waals surface area contributed by atoms with Crippen LogP contribution in [0.1, 0.15) is 49.6 Å². The van der Waals surface area contributed by atoms with Gasteiger partial charge in [0, 0.05) is 18.5 Å². The quantitative estimate of drug-likeness (QED) is 0.907. The first kappa shape index (κ1) is 14.0. The summed E-state index contributed by atoms with van der Waals surface area (Å²) in [6.07, 6.45) is 2.98. The van der Waals surface area contributed by atoms with E-state index in [-0.39, 0.29) is 12.1 Å². The number of rotatable bonds is 4. The van der Waals surface area contributed by atoms with E-state index in [2.05, 4.69) is 42.3 Å². The topological polar surface area (TPSA) is 45.2 Å². The number of hydrogen-bond donors (Lipinski definition) is 2. The van der Waals surface area contributed by atoms with Crippen LogP contribution in [0.25, 0.3) is 10.2 Å². The molecule has 0 bridgehead atoms. The minimum Gasteiger partial charge on any atom is -0.392 e. The fourth-order valence-electron chi connectivity index (χ4n) is 2.77. The molecule has 3 nitrogen and oxygen atoms in total. The van der Waals surface area contributed by atoms with E-state index >= 15 is 0 Å². The van der Waals surface area contributed by atoms with Gasteiger partial charge in [0.2, 0.25) is 0 Å². The van der Waals surface area contributed by atoms with Gasteiger partial charge in [0.05, 0.1) is 21.3 Å². The van der Waals surface area contributed by atoms with Crippen molar-refractivity contribution in [3.8, 4) is 0 Å². The number of thiazole rings is 1. The number of aliphatic hydroxyl groups excluding tert-OH is 1. The Bertz CT molecular complexity index is 593. The molecule has 0 radical (unpaired) electrons. The fraction of sp³-hybridized carbons (Fsp3) is 0.562. The predicted octanol–water partition coefficient (Wildman–Crippen LogP) is 3.42. The Kier molecular flexibility index (Phi) is 4.06. The lowest BCUT2D eigenvalue weighted by molar-refractivity contribution is 0.148. The molecule has 1 aromatic carbocycles. The van der Waals surface area contributed by atoms with Gasteiger partial charge >= 0.3 is 0 Å². The summed E-state index contributed by atoms with van der Waals surface area (Å²) in [4.78, 5) is 4.66. The van der Waals surface area contributed by atoms with Gasteiger partial charge in [-0.2, -0.15) is 0 Å². The first-order chi connectivity index (χ1) is 9.63. The Morgan fingerprint density at radius 2 is 2.25 bits per heavy atom. The zero-order valence-electron chi connectivity index (χ0n) is 12.1. The van der Waals surface area contributed by atoms with Crippen molar-refractivity contribution in [2.45, 2.75) is 57.7 Å². The van der Waals surface area contributed by atoms with Crippen molar-refractivity contribution in [1.82, 2.24) is 10.3 Å². The van der Waals surface area contributed by atoms with Crippen molar-refractivity contribution in [1.29, 1.82) is 0 Å². The van der Waals surface area contributed by atoms with E-state index in [9.17, 15) is 5.11 Å². The summed E-state index contributed by atoms with van der Waals surface area (Å²) < 4.78 is 1.26. The number of aromatic nitrogens is 1. The molecule has 2 N–H and O–H groups in total. The third-order valence-electron chi connectivity index (χ3n) is 4.01. The zero-order valence-corrected chi connectivity index (χ0v) is 12.9. The van der Waals surface area contributed by atoms with Crippen molar-refractivity contribution in [3.05, 3.63) is 28.8 Å². The minimum atomic E-state index is -0.172. The van der Waals surface area contributed by atoms with Gasteiger partial charge in [-0.3, -0.25) is 0 Å². The number of fused-ring (bicyclic) bond motifs is 1. The average Bonchev–Trinajstić information content (AvgIpc) is 3.01. The highest BCUT2D eigenvalue weighted by Crippen LogP contribution is 2.28. The van der Waals surface area contributed by atoms with Crippen LogP contribution in [-0.2, 0) is 6.54 Å². The Balaban J connectivity index is 1.72. The van der Waals surface area contributed by atoms with Crippen LogP contribution < -0.4 is 5.32 Å². The zero-order chi connectivity index (χ0) is 14.1. The number of hydrogen-bond acceptors (Lipinski definition) is 4. The summed E-state index contributed by atoms with van der Waals surface area (Å²) in [5, 5.41) is 14.5. The van der Waals surface area contributed by atoms with E-state index in [1.54, 1.807) is 11.3 Å². The lowest BCUT2D eigenvalue weighted by Crippen LogP contribution is -2.34. The van der Waals surface area contributed by atoms with E-state index in [4.69, 9.17) is 0 Å². The SMILES string of the molecule is CC(C)c1nc2ccc(CN[C@H]3CCC[C@@H]3O)cc2s1. The Morgan fingerprint density at radius 1 is 1.40 bits per heavy atom. The number of nitrogens with one attached hydrogen (secondary N) is 1. The second-order valence-electron chi connectivity index (χ2n) is 5.99. The number of benzene rings is 1. The van der Waals surface area contributed by atoms with Gasteiger partial charge in [0.25, 0.3) is 0 Å². The van der Waals surface area contributed by atoms with Gasteiger partial charge in [0.1, 0.15) is 0 Å². The van der Waals surface area contributed by atoms with Crippen LogP contribution in [-0.4, -0.2) is 22.2 Å². The number of aliphatic hydroxyl groups is 1. The third kappa shape index (κ3) is 2.87. The van der Waals surface area contributed by atoms with Crippen molar-refractivity contribution in [2.24, 2.45) is 0 Å². The molecule has 2 aromatic rings. The third-order valence-corrected chi connectivity index (χ3v) is 5.33. The largest absolute Gasteiger partial charge is 0.392 e. The summed E-state index contributed by atoms with van der Waals surface area (Å²) >= 11 is 1.79. The molecule has 1 fully saturated rings. The minimum absolute atomic E-state index is 0.172. The lowest BCUT2D eigenvalue weighted by Gasteiger charge is -2.16. The van der Waals surface area contributed by atoms with Gasteiger partial charge in [-0.15, -0.1) is 11.3 Å². The van der Waals surface area contributed by atoms with Crippen molar-refractivity contribution < 1.29 is 5.11 Å². The van der Waals surface area contributed by atoms with Crippen molar-refractivity contribution >= 4 is 21.6 Å². The monoisotopic (exact) mass is 290 g/mol. The van der Waals surface area contributed by atoms with Gasteiger partial charge in [-0.1, -0.05) is 19.9 Å². The average molecular weight is 290 g/mol. The van der Waals surface area contributed by atoms with Gasteiger partial charge in [-0.05, 0) is 37.0 Å². The molecule has 3 rings (SSSR count). The first-order valence-electron chi connectivity index (χ1n) is 7.44. The molecule has 1 heterocycles. The molecule has 4 heteroatoms. The van der Waals surface area contributed by atoms with Crippen LogP contribution in [0.2, 0.25) is 0 Å². The maximum Gasteiger partial charge on any atom is 0.0963 e. The maximum atomic E-state index is 9.83. The molecule has 0 saturated heterocycles. The molecule has 0 unspecified atom stereocenters. The van der Waals surface area contributed by atoms with E-state index in [1.165, 1.54) is 15.3 Å². The van der Waals surface area contributed by atoms with Crippen LogP contribution in [0, 0.1) is 0 Å². The molecule has 20 heavy (non-hydrogen) atoms. The summed E-state index contributed by atoms with van der Waals surface area (Å²) in [5.41, 5.74) is 2.37. The molecular formula is C16H22N2OS. The fourth-order valence-corrected chi connectivity index (χ4v) is 3.80. The Morgan fingerprint density at radius 3 is 2.95 bits per heavy atom. The highest BCUT2D eigenvalue weighted by atomic mass is 32.1. The normalized spacial score (nSPS) is 23.0. The predicted molar refractivity (Wildman–Crippen MR) is 84.2 cm³/mol. The molecule has 2 atom stereocenters. The molecular weight excluding hydrogens is 268 g/mol. The molecule has 1 saturated carbocycles. The summed E-state index contributed by atoms with van der Waals surface area (Å²) in [6.45, 7) is 5.19.